The number of hydrogen-bond donors (Lipinski definition) is 1. The summed E-state index contributed by atoms with van der Waals surface area (Å²) >= 11 is 9.76. The van der Waals surface area contributed by atoms with E-state index in [-0.39, 0.29) is 5.91 Å². The van der Waals surface area contributed by atoms with E-state index in [1.54, 1.807) is 11.3 Å². The van der Waals surface area contributed by atoms with Crippen LogP contribution in [0.2, 0.25) is 0 Å². The standard InChI is InChI=1S/C11H8Br2N2OS2/c12-5-4-8(17-9(5)13)10(16)15-11-14-6-2-1-3-7(6)18-11/h4H,1-3H2,(H,14,15,16). The smallest absolute Gasteiger partial charge is 0.267 e. The summed E-state index contributed by atoms with van der Waals surface area (Å²) in [6.07, 6.45) is 3.32. The van der Waals surface area contributed by atoms with E-state index in [0.717, 1.165) is 26.8 Å². The molecule has 0 aromatic carbocycles. The number of aryl methyl sites for hydroxylation is 2. The first-order chi connectivity index (χ1) is 8.63. The van der Waals surface area contributed by atoms with Crippen LogP contribution < -0.4 is 5.32 Å². The number of fused-ring (bicyclic) bond motifs is 1. The minimum atomic E-state index is -0.0983. The summed E-state index contributed by atoms with van der Waals surface area (Å²) in [6, 6.07) is 1.81. The molecule has 3 nitrogen and oxygen atoms in total. The van der Waals surface area contributed by atoms with Crippen molar-refractivity contribution in [3.05, 3.63) is 29.8 Å². The van der Waals surface area contributed by atoms with Crippen LogP contribution in [0.15, 0.2) is 14.3 Å². The zero-order valence-corrected chi connectivity index (χ0v) is 13.9. The molecule has 1 aliphatic carbocycles. The van der Waals surface area contributed by atoms with E-state index in [4.69, 9.17) is 0 Å². The number of nitrogens with one attached hydrogen (secondary N) is 1. The number of rotatable bonds is 2. The van der Waals surface area contributed by atoms with Gasteiger partial charge in [-0.05, 0) is 57.2 Å². The molecule has 94 valence electrons. The maximum Gasteiger partial charge on any atom is 0.267 e. The lowest BCUT2D eigenvalue weighted by Crippen LogP contribution is -2.09. The van der Waals surface area contributed by atoms with Gasteiger partial charge in [-0.15, -0.1) is 22.7 Å². The maximum atomic E-state index is 12.0. The number of anilines is 1. The first kappa shape index (κ1) is 12.8. The highest BCUT2D eigenvalue weighted by Gasteiger charge is 2.19. The second kappa shape index (κ2) is 5.03. The number of thiophene rings is 1. The van der Waals surface area contributed by atoms with Crippen molar-refractivity contribution >= 4 is 65.6 Å². The van der Waals surface area contributed by atoms with Crippen LogP contribution in [0.25, 0.3) is 0 Å². The number of halogens is 2. The largest absolute Gasteiger partial charge is 0.297 e. The van der Waals surface area contributed by atoms with E-state index < -0.39 is 0 Å². The number of carbonyl (C=O) groups is 1. The zero-order valence-electron chi connectivity index (χ0n) is 9.13. The Morgan fingerprint density at radius 3 is 2.83 bits per heavy atom. The monoisotopic (exact) mass is 406 g/mol. The molecule has 2 aromatic heterocycles. The molecule has 0 unspecified atom stereocenters. The van der Waals surface area contributed by atoms with Gasteiger partial charge in [0.25, 0.3) is 5.91 Å². The summed E-state index contributed by atoms with van der Waals surface area (Å²) in [7, 11) is 0. The summed E-state index contributed by atoms with van der Waals surface area (Å²) in [5.74, 6) is -0.0983. The van der Waals surface area contributed by atoms with Gasteiger partial charge in [0.15, 0.2) is 5.13 Å². The van der Waals surface area contributed by atoms with Crippen molar-refractivity contribution in [1.29, 1.82) is 0 Å². The number of hydrogen-bond acceptors (Lipinski definition) is 4. The molecule has 0 fully saturated rings. The highest BCUT2D eigenvalue weighted by atomic mass is 79.9. The number of thiazole rings is 1. The van der Waals surface area contributed by atoms with E-state index >= 15 is 0 Å². The van der Waals surface area contributed by atoms with E-state index in [1.165, 1.54) is 22.6 Å². The van der Waals surface area contributed by atoms with Crippen molar-refractivity contribution in [1.82, 2.24) is 4.98 Å². The lowest BCUT2D eigenvalue weighted by molar-refractivity contribution is 0.103. The van der Waals surface area contributed by atoms with E-state index in [2.05, 4.69) is 42.2 Å². The third kappa shape index (κ3) is 2.41. The summed E-state index contributed by atoms with van der Waals surface area (Å²) < 4.78 is 1.83. The average Bonchev–Trinajstić information content (AvgIpc) is 2.95. The second-order valence-corrected chi connectivity index (χ2v) is 8.24. The molecule has 0 atom stereocenters. The zero-order chi connectivity index (χ0) is 12.7. The van der Waals surface area contributed by atoms with Crippen molar-refractivity contribution in [3.63, 3.8) is 0 Å². The molecule has 2 aromatic rings. The SMILES string of the molecule is O=C(Nc1nc2c(s1)CCC2)c1cc(Br)c(Br)s1. The molecule has 0 saturated heterocycles. The normalized spacial score (nSPS) is 13.7. The first-order valence-corrected chi connectivity index (χ1v) is 8.60. The Labute approximate surface area is 129 Å². The first-order valence-electron chi connectivity index (χ1n) is 5.38. The predicted octanol–water partition coefficient (Wildman–Crippen LogP) is 4.47. The fourth-order valence-electron chi connectivity index (χ4n) is 1.86. The molecule has 1 N–H and O–H groups in total. The van der Waals surface area contributed by atoms with Crippen molar-refractivity contribution < 1.29 is 4.79 Å². The van der Waals surface area contributed by atoms with Gasteiger partial charge >= 0.3 is 0 Å². The summed E-state index contributed by atoms with van der Waals surface area (Å²) in [4.78, 5) is 18.5. The molecule has 0 radical (unpaired) electrons. The molecular formula is C11H8Br2N2OS2. The Morgan fingerprint density at radius 2 is 2.17 bits per heavy atom. The van der Waals surface area contributed by atoms with E-state index in [1.807, 2.05) is 6.07 Å². The van der Waals surface area contributed by atoms with Crippen LogP contribution >= 0.6 is 54.5 Å². The molecule has 0 saturated carbocycles. The Hall–Kier alpha value is -0.240. The molecule has 18 heavy (non-hydrogen) atoms. The van der Waals surface area contributed by atoms with Crippen LogP contribution in [0.1, 0.15) is 26.7 Å². The molecule has 7 heteroatoms. The van der Waals surface area contributed by atoms with Crippen LogP contribution in [0.3, 0.4) is 0 Å². The van der Waals surface area contributed by atoms with E-state index in [9.17, 15) is 4.79 Å². The third-order valence-corrected chi connectivity index (χ3v) is 7.01. The van der Waals surface area contributed by atoms with Gasteiger partial charge in [-0.25, -0.2) is 4.98 Å². The second-order valence-electron chi connectivity index (χ2n) is 3.93. The fraction of sp³-hybridized carbons (Fsp3) is 0.273. The topological polar surface area (TPSA) is 42.0 Å². The molecule has 0 spiro atoms. The molecule has 0 aliphatic heterocycles. The van der Waals surface area contributed by atoms with Gasteiger partial charge in [0.05, 0.1) is 14.4 Å². The van der Waals surface area contributed by atoms with Gasteiger partial charge < -0.3 is 0 Å². The molecule has 1 aliphatic rings. The quantitative estimate of drug-likeness (QED) is 0.797. The summed E-state index contributed by atoms with van der Waals surface area (Å²) in [5, 5.41) is 3.58. The van der Waals surface area contributed by atoms with Gasteiger partial charge in [0, 0.05) is 9.35 Å². The van der Waals surface area contributed by atoms with Gasteiger partial charge in [-0.1, -0.05) is 0 Å². The minimum Gasteiger partial charge on any atom is -0.297 e. The highest BCUT2D eigenvalue weighted by molar-refractivity contribution is 9.13. The van der Waals surface area contributed by atoms with Crippen LogP contribution in [0, 0.1) is 0 Å². The Bertz CT molecular complexity index is 580. The van der Waals surface area contributed by atoms with Crippen LogP contribution in [-0.4, -0.2) is 10.9 Å². The molecule has 2 heterocycles. The van der Waals surface area contributed by atoms with Crippen molar-refractivity contribution in [2.24, 2.45) is 0 Å². The molecule has 1 amide bonds. The molecule has 0 bridgehead atoms. The average molecular weight is 408 g/mol. The Morgan fingerprint density at radius 1 is 1.33 bits per heavy atom. The fourth-order valence-corrected chi connectivity index (χ4v) is 4.84. The lowest BCUT2D eigenvalue weighted by Gasteiger charge is -1.98. The third-order valence-electron chi connectivity index (χ3n) is 2.69. The van der Waals surface area contributed by atoms with Crippen LogP contribution in [0.5, 0.6) is 0 Å². The lowest BCUT2D eigenvalue weighted by atomic mass is 10.4. The number of aromatic nitrogens is 1. The van der Waals surface area contributed by atoms with Gasteiger partial charge in [-0.2, -0.15) is 0 Å². The van der Waals surface area contributed by atoms with Gasteiger partial charge in [0.2, 0.25) is 0 Å². The van der Waals surface area contributed by atoms with Crippen molar-refractivity contribution in [3.8, 4) is 0 Å². The number of carbonyl (C=O) groups excluding carboxylic acids is 1. The summed E-state index contributed by atoms with van der Waals surface area (Å²) in [5.41, 5.74) is 1.16. The van der Waals surface area contributed by atoms with Crippen molar-refractivity contribution in [2.75, 3.05) is 5.32 Å². The summed E-state index contributed by atoms with van der Waals surface area (Å²) in [6.45, 7) is 0. The molecule has 3 rings (SSSR count). The Kier molecular flexibility index (Phi) is 3.57. The highest BCUT2D eigenvalue weighted by Crippen LogP contribution is 2.34. The van der Waals surface area contributed by atoms with Gasteiger partial charge in [-0.3, -0.25) is 10.1 Å². The van der Waals surface area contributed by atoms with Gasteiger partial charge in [0.1, 0.15) is 0 Å². The Balaban J connectivity index is 1.77. The van der Waals surface area contributed by atoms with Crippen LogP contribution in [0.4, 0.5) is 5.13 Å². The number of nitrogens with zero attached hydrogens (tertiary/aromatic N) is 1. The molecular weight excluding hydrogens is 400 g/mol. The van der Waals surface area contributed by atoms with Crippen molar-refractivity contribution in [2.45, 2.75) is 19.3 Å². The van der Waals surface area contributed by atoms with Crippen LogP contribution in [-0.2, 0) is 12.8 Å². The maximum absolute atomic E-state index is 12.0. The minimum absolute atomic E-state index is 0.0983. The van der Waals surface area contributed by atoms with E-state index in [0.29, 0.717) is 10.0 Å². The number of amides is 1. The predicted molar refractivity (Wildman–Crippen MR) is 81.8 cm³/mol.